The Morgan fingerprint density at radius 1 is 0.404 bits per heavy atom. The predicted molar refractivity (Wildman–Crippen MR) is 517 cm³/mol. The Morgan fingerprint density at radius 2 is 0.738 bits per heavy atom. The summed E-state index contributed by atoms with van der Waals surface area (Å²) in [6.45, 7) is 10.0. The van der Waals surface area contributed by atoms with E-state index in [1.807, 2.05) is 13.8 Å². The van der Waals surface area contributed by atoms with Crippen LogP contribution in [0.25, 0.3) is 122 Å². The van der Waals surface area contributed by atoms with Crippen LogP contribution >= 0.6 is 15.9 Å². The number of nitrogens with two attached hydrogens (primary N) is 3. The number of benzene rings is 10. The molecule has 0 atom stereocenters. The first-order chi connectivity index (χ1) is 67.1. The summed E-state index contributed by atoms with van der Waals surface area (Å²) < 4.78 is 246. The first-order valence-electron chi connectivity index (χ1n) is 41.1. The van der Waals surface area contributed by atoms with Crippen molar-refractivity contribution in [2.24, 2.45) is 0 Å². The van der Waals surface area contributed by atoms with Crippen molar-refractivity contribution in [1.29, 1.82) is 0 Å². The number of nitrogen functional groups attached to an aromatic ring is 3. The minimum Gasteiger partial charge on any atom is -0.493 e. The largest absolute Gasteiger partial charge is 0.493 e. The second-order valence-electron chi connectivity index (χ2n) is 30.5. The zero-order valence-electron chi connectivity index (χ0n) is 74.3. The van der Waals surface area contributed by atoms with Crippen LogP contribution in [-0.4, -0.2) is 117 Å². The first kappa shape index (κ1) is 102. The quantitative estimate of drug-likeness (QED) is 0.0157. The fourth-order valence-corrected chi connectivity index (χ4v) is 17.6. The number of nitrogens with zero attached hydrogens (tertiary/aromatic N) is 6. The summed E-state index contributed by atoms with van der Waals surface area (Å²) >= 11 is 3.32. The maximum Gasteiger partial charge on any atom is 0.491 e. The average Bonchev–Trinajstić information content (AvgIpc) is 1.57. The molecular weight excluding hydrogens is 1960 g/mol. The zero-order chi connectivity index (χ0) is 102. The van der Waals surface area contributed by atoms with Gasteiger partial charge in [-0.2, -0.15) is 0 Å². The lowest BCUT2D eigenvalue weighted by Gasteiger charge is -2.10. The van der Waals surface area contributed by atoms with Gasteiger partial charge in [0.25, 0.3) is 20.0 Å². The summed E-state index contributed by atoms with van der Waals surface area (Å²) in [7, 11) is -4.92. The van der Waals surface area contributed by atoms with Gasteiger partial charge in [-0.1, -0.05) is 48.6 Å². The van der Waals surface area contributed by atoms with E-state index in [4.69, 9.17) is 51.3 Å². The monoisotopic (exact) mass is 2030 g/mol. The molecule has 0 aliphatic heterocycles. The van der Waals surface area contributed by atoms with E-state index in [0.29, 0.717) is 94.6 Å². The van der Waals surface area contributed by atoms with E-state index >= 15 is 0 Å². The summed E-state index contributed by atoms with van der Waals surface area (Å²) in [4.78, 5) is 43.9. The fraction of sp³-hybridized carbons (Fsp3) is 0.0600. The molecule has 10 aromatic carbocycles. The maximum absolute atomic E-state index is 14.6. The van der Waals surface area contributed by atoms with Crippen LogP contribution in [0.1, 0.15) is 11.1 Å². The lowest BCUT2D eigenvalue weighted by molar-refractivity contribution is -0.131. The van der Waals surface area contributed by atoms with Crippen molar-refractivity contribution in [3.05, 3.63) is 354 Å². The number of ether oxygens (including phenoxy) is 4. The number of hydrogen-bond donors (Lipinski definition) is 9. The lowest BCUT2D eigenvalue weighted by Crippen LogP contribution is -2.32. The number of methoxy groups -OCH3 is 4. The summed E-state index contributed by atoms with van der Waals surface area (Å²) in [5, 5.41) is 29.0. The number of H-pyrrole nitrogens is 2. The highest BCUT2D eigenvalue weighted by atomic mass is 79.9. The molecule has 0 radical (unpaired) electrons. The van der Waals surface area contributed by atoms with Crippen molar-refractivity contribution in [1.82, 2.24) is 37.8 Å². The minimum absolute atomic E-state index is 0.00769. The third kappa shape index (κ3) is 22.4. The van der Waals surface area contributed by atoms with E-state index in [9.17, 15) is 79.1 Å². The van der Waals surface area contributed by atoms with Crippen molar-refractivity contribution in [2.45, 2.75) is 23.6 Å². The lowest BCUT2D eigenvalue weighted by atomic mass is 9.80. The van der Waals surface area contributed by atoms with Gasteiger partial charge in [-0.05, 0) is 181 Å². The van der Waals surface area contributed by atoms with Crippen LogP contribution in [0.5, 0.6) is 23.0 Å². The number of anilines is 4. The third-order valence-corrected chi connectivity index (χ3v) is 25.0. The number of nitrogens with one attached hydrogen (secondary N) is 3. The molecule has 0 fully saturated rings. The fourth-order valence-electron chi connectivity index (χ4n) is 14.6. The van der Waals surface area contributed by atoms with Crippen molar-refractivity contribution < 1.29 is 113 Å². The number of aliphatic carboxylic acids is 1. The van der Waals surface area contributed by atoms with E-state index in [2.05, 4.69) is 64.3 Å². The van der Waals surface area contributed by atoms with Crippen LogP contribution in [0.3, 0.4) is 0 Å². The zero-order valence-corrected chi connectivity index (χ0v) is 77.5. The molecule has 0 unspecified atom stereocenters. The van der Waals surface area contributed by atoms with Crippen LogP contribution in [0.2, 0.25) is 0 Å². The average molecular weight is 2040 g/mol. The van der Waals surface area contributed by atoms with E-state index < -0.39 is 109 Å². The topological polar surface area (TPSA) is 383 Å². The highest BCUT2D eigenvalue weighted by molar-refractivity contribution is 9.10. The number of carbonyl (C=O) groups is 2. The van der Waals surface area contributed by atoms with Gasteiger partial charge in [-0.3, -0.25) is 4.79 Å². The van der Waals surface area contributed by atoms with Crippen LogP contribution in [0.4, 0.5) is 75.4 Å². The number of rotatable bonds is 19. The van der Waals surface area contributed by atoms with E-state index in [1.165, 1.54) is 169 Å². The number of pyridine rings is 4. The number of hydrogen-bond acceptors (Lipinski definition) is 19. The molecular formula is C100H76BBrF12N12O13S2. The number of aromatic amines is 2. The van der Waals surface area contributed by atoms with Crippen molar-refractivity contribution in [3.63, 3.8) is 0 Å². The van der Waals surface area contributed by atoms with E-state index in [-0.39, 0.29) is 105 Å². The molecule has 0 spiro atoms. The number of carboxylic acid groups (broad SMARTS) is 1. The number of aryl methyl sites for hydroxylation is 2. The summed E-state index contributed by atoms with van der Waals surface area (Å²) in [5.74, 6) is -11.0. The summed E-state index contributed by atoms with van der Waals surface area (Å²) in [6, 6.07) is 42.4. The molecule has 25 nitrogen and oxygen atoms in total. The molecule has 41 heteroatoms. The number of aromatic nitrogens is 8. The van der Waals surface area contributed by atoms with Gasteiger partial charge < -0.3 is 66.6 Å². The third-order valence-electron chi connectivity index (χ3n) is 21.2. The highest BCUT2D eigenvalue weighted by Crippen LogP contribution is 2.46. The van der Waals surface area contributed by atoms with E-state index in [1.54, 1.807) is 54.9 Å². The number of fused-ring (bicyclic) bond motifs is 4. The Hall–Kier alpha value is -16.5. The van der Waals surface area contributed by atoms with Crippen molar-refractivity contribution in [3.8, 4) is 101 Å². The Bertz CT molecular complexity index is 8170. The second-order valence-corrected chi connectivity index (χ2v) is 35.1. The van der Waals surface area contributed by atoms with Crippen molar-refractivity contribution >= 4 is 127 Å². The van der Waals surface area contributed by atoms with Crippen LogP contribution in [0, 0.1) is 83.7 Å². The van der Waals surface area contributed by atoms with Crippen molar-refractivity contribution in [2.75, 3.05) is 51.0 Å². The molecule has 0 aliphatic carbocycles. The number of amides is 1. The molecule has 8 heterocycles. The Morgan fingerprint density at radius 3 is 1.10 bits per heavy atom. The molecule has 0 bridgehead atoms. The number of carboxylic acids is 1. The van der Waals surface area contributed by atoms with Crippen LogP contribution in [0.15, 0.2) is 283 Å². The molecule has 8 aromatic heterocycles. The Kier molecular flexibility index (Phi) is 31.1. The molecule has 18 aromatic rings. The SMILES string of the molecule is C=CC(=O)Nc1ccc(F)c(-c2cnc3[nH]cc(-c4cc(F)cc(F)c4OC)c3c2)c1.C=CC(=O)O.COc1c(F)cc(F)cc1-c1c[nH]c2ncc(-c3cc(N)ccc3F)cc12.COc1c(F)cc(F)cc1-c1cn(S(=O)(=O)c2ccc(C)cc2)c2ncc(-c3cc(N)ccc3F)cc12.COc1c(F)cc(F)cc1-c1cn(S(=O)(=O)c2ccc(C)cc2)c2ncc(Br)cc12.Nc1ccc(F)c(B(O)O)c1. The highest BCUT2D eigenvalue weighted by Gasteiger charge is 2.31. The van der Waals surface area contributed by atoms with Gasteiger partial charge in [0.1, 0.15) is 57.8 Å². The summed E-state index contributed by atoms with van der Waals surface area (Å²) in [6.07, 6.45) is 13.3. The molecule has 12 N–H and O–H groups in total. The van der Waals surface area contributed by atoms with Crippen LogP contribution in [-0.2, 0) is 29.6 Å². The first-order valence-corrected chi connectivity index (χ1v) is 44.8. The molecule has 0 saturated heterocycles. The van der Waals surface area contributed by atoms with Gasteiger partial charge in [0, 0.05) is 212 Å². The van der Waals surface area contributed by atoms with Gasteiger partial charge in [0.2, 0.25) is 5.91 Å². The normalized spacial score (nSPS) is 11.1. The number of carbonyl (C=O) groups excluding carboxylic acids is 1. The molecule has 141 heavy (non-hydrogen) atoms. The predicted octanol–water partition coefficient (Wildman–Crippen LogP) is 20.9. The summed E-state index contributed by atoms with van der Waals surface area (Å²) in [5.41, 5.74) is 24.5. The second kappa shape index (κ2) is 43.0. The molecule has 720 valence electrons. The van der Waals surface area contributed by atoms with Gasteiger partial charge >= 0.3 is 13.1 Å². The molecule has 18 rings (SSSR count). The number of halogens is 13. The molecule has 0 aliphatic rings. The standard InChI is InChI=1S/C27H20F3N3O3S.C23H16F3N3O2.C21H15BrF2N2O3S.C20H14F3N3O.C6H7BFNO2.C3H4O2/c1-15-3-6-19(7-4-15)37(34,35)33-14-23(21-10-17(28)11-25(30)26(21)36-2)22-9-16(13-32-27(22)33)20-12-18(31)5-8-24(20)29;1-3-21(30)29-14-4-5-19(25)15(9-14)12-6-17-18(11-28-23(17)27-10-12)16-7-13(24)8-20(26)22(16)31-2;1-12-3-5-15(6-4-12)30(27,28)26-11-18(17-7-13(22)10-25-21(17)26)16-8-14(23)9-19(24)20(16)29-2;1-27-19-14(5-11(21)6-18(19)23)16-9-26-20-15(16)4-10(8-25-20)13-7-12(24)2-3-17(13)22;8-6-2-1-4(9)3-5(6)7(10)11;1-2-3(4)5/h3-14H,31H2,1-2H3;3-11H,1H2,2H3,(H,27,28)(H,29,30);3-11H,1-2H3;2-9H,24H2,1H3,(H,25,26);1-3,10-11H,9H2;2H,1H2,(H,4,5). The van der Waals surface area contributed by atoms with Gasteiger partial charge in [-0.15, -0.1) is 0 Å². The van der Waals surface area contributed by atoms with E-state index in [0.717, 1.165) is 67.6 Å². The molecule has 0 saturated carbocycles. The molecule has 1 amide bonds. The van der Waals surface area contributed by atoms with Crippen LogP contribution < -0.4 is 46.9 Å². The van der Waals surface area contributed by atoms with Gasteiger partial charge in [0.05, 0.1) is 38.2 Å². The smallest absolute Gasteiger partial charge is 0.491 e. The van der Waals surface area contributed by atoms with Gasteiger partial charge in [0.15, 0.2) is 57.6 Å². The maximum atomic E-state index is 14.6. The minimum atomic E-state index is -4.17. The van der Waals surface area contributed by atoms with Gasteiger partial charge in [-0.25, -0.2) is 102 Å². The Balaban J connectivity index is 0.000000151. The Labute approximate surface area is 803 Å².